The smallest absolute Gasteiger partial charge is 0.138 e. The molecule has 0 unspecified atom stereocenters. The first-order valence-electron chi connectivity index (χ1n) is 5.73. The van der Waals surface area contributed by atoms with Crippen molar-refractivity contribution >= 4 is 5.69 Å². The van der Waals surface area contributed by atoms with Crippen molar-refractivity contribution in [2.24, 2.45) is 5.41 Å². The molecule has 0 amide bonds. The maximum Gasteiger partial charge on any atom is 0.138 e. The molecule has 90 valence electrons. The Morgan fingerprint density at radius 3 is 2.41 bits per heavy atom. The molecule has 0 aliphatic carbocycles. The van der Waals surface area contributed by atoms with Gasteiger partial charge in [0.1, 0.15) is 12.7 Å². The van der Waals surface area contributed by atoms with Crippen molar-refractivity contribution in [3.8, 4) is 5.69 Å². The second-order valence-corrected chi connectivity index (χ2v) is 5.30. The number of nitrogens with one attached hydrogen (secondary N) is 1. The Bertz CT molecular complexity index is 451. The summed E-state index contributed by atoms with van der Waals surface area (Å²) in [5.41, 5.74) is 2.43. The molecule has 1 heterocycles. The average molecular weight is 230 g/mol. The molecule has 1 aromatic carbocycles. The van der Waals surface area contributed by atoms with Crippen LogP contribution in [0.3, 0.4) is 0 Å². The molecule has 2 rings (SSSR count). The van der Waals surface area contributed by atoms with Gasteiger partial charge in [-0.15, -0.1) is 0 Å². The van der Waals surface area contributed by atoms with E-state index in [1.165, 1.54) is 6.33 Å². The van der Waals surface area contributed by atoms with Gasteiger partial charge in [-0.3, -0.25) is 0 Å². The first kappa shape index (κ1) is 11.6. The summed E-state index contributed by atoms with van der Waals surface area (Å²) in [5, 5.41) is 7.50. The van der Waals surface area contributed by atoms with Gasteiger partial charge in [0.25, 0.3) is 0 Å². The fourth-order valence-corrected chi connectivity index (χ4v) is 1.44. The Hall–Kier alpha value is -1.84. The van der Waals surface area contributed by atoms with Crippen molar-refractivity contribution in [3.05, 3.63) is 36.9 Å². The van der Waals surface area contributed by atoms with Gasteiger partial charge in [0.2, 0.25) is 0 Å². The van der Waals surface area contributed by atoms with Crippen LogP contribution in [0.4, 0.5) is 5.69 Å². The van der Waals surface area contributed by atoms with Crippen molar-refractivity contribution < 1.29 is 0 Å². The highest BCUT2D eigenvalue weighted by Crippen LogP contribution is 2.16. The molecular formula is C13H18N4. The fraction of sp³-hybridized carbons (Fsp3) is 0.385. The monoisotopic (exact) mass is 230 g/mol. The number of rotatable bonds is 3. The fourth-order valence-electron chi connectivity index (χ4n) is 1.44. The summed E-state index contributed by atoms with van der Waals surface area (Å²) in [6.45, 7) is 7.59. The van der Waals surface area contributed by atoms with Crippen LogP contribution >= 0.6 is 0 Å². The normalized spacial score (nSPS) is 11.5. The van der Waals surface area contributed by atoms with Gasteiger partial charge in [0.05, 0.1) is 5.69 Å². The summed E-state index contributed by atoms with van der Waals surface area (Å²) >= 11 is 0. The van der Waals surface area contributed by atoms with Gasteiger partial charge in [-0.2, -0.15) is 5.10 Å². The summed E-state index contributed by atoms with van der Waals surface area (Å²) in [4.78, 5) is 3.93. The number of aromatic nitrogens is 3. The molecule has 4 nitrogen and oxygen atoms in total. The van der Waals surface area contributed by atoms with Gasteiger partial charge in [-0.1, -0.05) is 20.8 Å². The zero-order chi connectivity index (χ0) is 12.3. The quantitative estimate of drug-likeness (QED) is 0.881. The highest BCUT2D eigenvalue weighted by Gasteiger charge is 2.09. The van der Waals surface area contributed by atoms with Crippen LogP contribution in [0.2, 0.25) is 0 Å². The van der Waals surface area contributed by atoms with Crippen LogP contribution < -0.4 is 5.32 Å². The topological polar surface area (TPSA) is 42.7 Å². The molecular weight excluding hydrogens is 212 g/mol. The van der Waals surface area contributed by atoms with Crippen LogP contribution in [0, 0.1) is 5.41 Å². The number of nitrogens with zero attached hydrogens (tertiary/aromatic N) is 3. The highest BCUT2D eigenvalue weighted by molar-refractivity contribution is 5.48. The van der Waals surface area contributed by atoms with E-state index in [1.807, 2.05) is 12.1 Å². The Balaban J connectivity index is 2.04. The molecule has 0 aliphatic rings. The number of anilines is 1. The zero-order valence-corrected chi connectivity index (χ0v) is 10.5. The molecule has 0 fully saturated rings. The summed E-state index contributed by atoms with van der Waals surface area (Å²) < 4.78 is 1.74. The van der Waals surface area contributed by atoms with Gasteiger partial charge < -0.3 is 5.32 Å². The summed E-state index contributed by atoms with van der Waals surface area (Å²) in [5.74, 6) is 0. The van der Waals surface area contributed by atoms with Gasteiger partial charge >= 0.3 is 0 Å². The van der Waals surface area contributed by atoms with Crippen molar-refractivity contribution in [3.63, 3.8) is 0 Å². The Morgan fingerprint density at radius 2 is 1.88 bits per heavy atom. The van der Waals surface area contributed by atoms with E-state index in [1.54, 1.807) is 11.0 Å². The molecule has 1 aromatic heterocycles. The van der Waals surface area contributed by atoms with E-state index >= 15 is 0 Å². The third kappa shape index (κ3) is 3.31. The van der Waals surface area contributed by atoms with Crippen molar-refractivity contribution in [1.82, 2.24) is 14.8 Å². The van der Waals surface area contributed by atoms with E-state index in [0.717, 1.165) is 17.9 Å². The standard InChI is InChI=1S/C13H18N4/c1-13(2,3)8-15-11-4-6-12(7-5-11)17-10-14-9-16-17/h4-7,9-10,15H,8H2,1-3H3. The van der Waals surface area contributed by atoms with Crippen LogP contribution in [-0.2, 0) is 0 Å². The molecule has 17 heavy (non-hydrogen) atoms. The van der Waals surface area contributed by atoms with Crippen LogP contribution in [0.5, 0.6) is 0 Å². The SMILES string of the molecule is CC(C)(C)CNc1ccc(-n2cncn2)cc1. The molecule has 0 radical (unpaired) electrons. The highest BCUT2D eigenvalue weighted by atomic mass is 15.3. The Labute approximate surface area is 102 Å². The molecule has 1 N–H and O–H groups in total. The lowest BCUT2D eigenvalue weighted by atomic mass is 9.97. The molecule has 0 spiro atoms. The maximum absolute atomic E-state index is 4.09. The van der Waals surface area contributed by atoms with Gasteiger partial charge in [-0.25, -0.2) is 9.67 Å². The maximum atomic E-state index is 4.09. The van der Waals surface area contributed by atoms with Crippen LogP contribution in [-0.4, -0.2) is 21.3 Å². The Kier molecular flexibility index (Phi) is 3.13. The van der Waals surface area contributed by atoms with E-state index < -0.39 is 0 Å². The average Bonchev–Trinajstić information content (AvgIpc) is 2.79. The molecule has 0 saturated heterocycles. The van der Waals surface area contributed by atoms with Gasteiger partial charge in [0, 0.05) is 12.2 Å². The summed E-state index contributed by atoms with van der Waals surface area (Å²) in [6, 6.07) is 8.17. The number of benzene rings is 1. The largest absolute Gasteiger partial charge is 0.385 e. The first-order chi connectivity index (χ1) is 8.04. The van der Waals surface area contributed by atoms with E-state index in [0.29, 0.717) is 0 Å². The van der Waals surface area contributed by atoms with Crippen LogP contribution in [0.15, 0.2) is 36.9 Å². The Morgan fingerprint density at radius 1 is 1.18 bits per heavy atom. The lowest BCUT2D eigenvalue weighted by Gasteiger charge is -2.19. The molecule has 4 heteroatoms. The van der Waals surface area contributed by atoms with Crippen LogP contribution in [0.1, 0.15) is 20.8 Å². The second-order valence-electron chi connectivity index (χ2n) is 5.30. The zero-order valence-electron chi connectivity index (χ0n) is 10.5. The predicted molar refractivity (Wildman–Crippen MR) is 69.3 cm³/mol. The summed E-state index contributed by atoms with van der Waals surface area (Å²) in [6.07, 6.45) is 3.23. The van der Waals surface area contributed by atoms with Crippen molar-refractivity contribution in [1.29, 1.82) is 0 Å². The lowest BCUT2D eigenvalue weighted by molar-refractivity contribution is 0.443. The minimum atomic E-state index is 0.282. The molecule has 0 aliphatic heterocycles. The number of hydrogen-bond acceptors (Lipinski definition) is 3. The van der Waals surface area contributed by atoms with E-state index in [9.17, 15) is 0 Å². The summed E-state index contributed by atoms with van der Waals surface area (Å²) in [7, 11) is 0. The molecule has 2 aromatic rings. The van der Waals surface area contributed by atoms with Gasteiger partial charge in [0.15, 0.2) is 0 Å². The van der Waals surface area contributed by atoms with E-state index in [2.05, 4.69) is 48.3 Å². The lowest BCUT2D eigenvalue weighted by Crippen LogP contribution is -2.18. The van der Waals surface area contributed by atoms with Crippen molar-refractivity contribution in [2.45, 2.75) is 20.8 Å². The minimum Gasteiger partial charge on any atom is -0.385 e. The van der Waals surface area contributed by atoms with Crippen LogP contribution in [0.25, 0.3) is 5.69 Å². The molecule has 0 bridgehead atoms. The van der Waals surface area contributed by atoms with Gasteiger partial charge in [-0.05, 0) is 29.7 Å². The minimum absolute atomic E-state index is 0.282. The third-order valence-electron chi connectivity index (χ3n) is 2.37. The second kappa shape index (κ2) is 4.57. The van der Waals surface area contributed by atoms with E-state index in [4.69, 9.17) is 0 Å². The molecule has 0 saturated carbocycles. The first-order valence-corrected chi connectivity index (χ1v) is 5.73. The third-order valence-corrected chi connectivity index (χ3v) is 2.37. The number of hydrogen-bond donors (Lipinski definition) is 1. The molecule has 0 atom stereocenters. The van der Waals surface area contributed by atoms with E-state index in [-0.39, 0.29) is 5.41 Å². The predicted octanol–water partition coefficient (Wildman–Crippen LogP) is 2.73. The van der Waals surface area contributed by atoms with Crippen molar-refractivity contribution in [2.75, 3.05) is 11.9 Å².